The molecule has 0 bridgehead atoms. The minimum atomic E-state index is -1.07. The summed E-state index contributed by atoms with van der Waals surface area (Å²) in [6.07, 6.45) is 0. The molecule has 0 amide bonds. The van der Waals surface area contributed by atoms with E-state index < -0.39 is 10.9 Å². The molecule has 0 fully saturated rings. The van der Waals surface area contributed by atoms with Crippen molar-refractivity contribution in [3.05, 3.63) is 28.3 Å². The predicted octanol–water partition coefficient (Wildman–Crippen LogP) is 0.424. The number of carbonyl (C=O) groups is 1. The van der Waals surface area contributed by atoms with Crippen LogP contribution in [0.15, 0.2) is 18.2 Å². The normalized spacial score (nSPS) is 10.5. The highest BCUT2D eigenvalue weighted by molar-refractivity contribution is 5.76. The summed E-state index contributed by atoms with van der Waals surface area (Å²) in [5.41, 5.74) is 0.622. The second kappa shape index (κ2) is 3.57. The Morgan fingerprint density at radius 1 is 1.44 bits per heavy atom. The van der Waals surface area contributed by atoms with E-state index in [9.17, 15) is 14.9 Å². The number of rotatable bonds is 3. The standard InChI is InChI=1S/C8H6N4O4/c13-8(14)4-11-9-6-2-1-5(12(15)16)3-7(6)10-11/h1-3H,4H2,(H,13,14). The molecule has 0 spiro atoms. The number of aliphatic carboxylic acids is 1. The summed E-state index contributed by atoms with van der Waals surface area (Å²) in [4.78, 5) is 21.3. The molecule has 0 unspecified atom stereocenters. The van der Waals surface area contributed by atoms with Gasteiger partial charge in [0.25, 0.3) is 5.69 Å². The average molecular weight is 222 g/mol. The van der Waals surface area contributed by atoms with E-state index in [1.54, 1.807) is 0 Å². The number of nitro groups is 1. The van der Waals surface area contributed by atoms with Gasteiger partial charge >= 0.3 is 5.97 Å². The van der Waals surface area contributed by atoms with Gasteiger partial charge in [-0.3, -0.25) is 14.9 Å². The number of hydrogen-bond donors (Lipinski definition) is 1. The second-order valence-electron chi connectivity index (χ2n) is 3.05. The molecule has 0 saturated heterocycles. The highest BCUT2D eigenvalue weighted by Gasteiger charge is 2.10. The Morgan fingerprint density at radius 3 is 2.75 bits per heavy atom. The molecule has 1 N–H and O–H groups in total. The Labute approximate surface area is 88.2 Å². The van der Waals surface area contributed by atoms with Crippen LogP contribution in [-0.4, -0.2) is 31.0 Å². The first-order valence-corrected chi connectivity index (χ1v) is 4.27. The molecule has 1 heterocycles. The number of benzene rings is 1. The van der Waals surface area contributed by atoms with E-state index in [0.29, 0.717) is 11.0 Å². The smallest absolute Gasteiger partial charge is 0.327 e. The number of carboxylic acid groups (broad SMARTS) is 1. The maximum atomic E-state index is 10.5. The number of fused-ring (bicyclic) bond motifs is 1. The minimum absolute atomic E-state index is 0.102. The van der Waals surface area contributed by atoms with Gasteiger partial charge in [0, 0.05) is 12.1 Å². The van der Waals surface area contributed by atoms with Gasteiger partial charge in [-0.2, -0.15) is 15.0 Å². The van der Waals surface area contributed by atoms with Crippen LogP contribution in [0, 0.1) is 10.1 Å². The van der Waals surface area contributed by atoms with Crippen LogP contribution in [0.4, 0.5) is 5.69 Å². The first kappa shape index (κ1) is 10.0. The molecule has 0 radical (unpaired) electrons. The summed E-state index contributed by atoms with van der Waals surface area (Å²) < 4.78 is 0. The molecule has 2 rings (SSSR count). The number of nitrogens with zero attached hydrogens (tertiary/aromatic N) is 4. The lowest BCUT2D eigenvalue weighted by molar-refractivity contribution is -0.384. The fourth-order valence-corrected chi connectivity index (χ4v) is 1.25. The summed E-state index contributed by atoms with van der Waals surface area (Å²) in [7, 11) is 0. The SMILES string of the molecule is O=C(O)Cn1nc2ccc([N+](=O)[O-])cc2n1. The van der Waals surface area contributed by atoms with Crippen molar-refractivity contribution in [2.75, 3.05) is 0 Å². The fourth-order valence-electron chi connectivity index (χ4n) is 1.25. The Kier molecular flexibility index (Phi) is 2.24. The van der Waals surface area contributed by atoms with E-state index in [1.165, 1.54) is 18.2 Å². The van der Waals surface area contributed by atoms with Crippen LogP contribution in [-0.2, 0) is 11.3 Å². The third-order valence-electron chi connectivity index (χ3n) is 1.89. The summed E-state index contributed by atoms with van der Waals surface area (Å²) in [6.45, 7) is -0.373. The number of hydrogen-bond acceptors (Lipinski definition) is 5. The molecule has 8 nitrogen and oxygen atoms in total. The largest absolute Gasteiger partial charge is 0.480 e. The molecule has 2 aromatic rings. The van der Waals surface area contributed by atoms with Crippen LogP contribution in [0.1, 0.15) is 0 Å². The van der Waals surface area contributed by atoms with E-state index in [4.69, 9.17) is 5.11 Å². The Morgan fingerprint density at radius 2 is 2.12 bits per heavy atom. The van der Waals surface area contributed by atoms with Gasteiger partial charge in [0.2, 0.25) is 0 Å². The highest BCUT2D eigenvalue weighted by atomic mass is 16.6. The maximum Gasteiger partial charge on any atom is 0.327 e. The van der Waals surface area contributed by atoms with Crippen molar-refractivity contribution < 1.29 is 14.8 Å². The van der Waals surface area contributed by atoms with Gasteiger partial charge in [0.15, 0.2) is 6.54 Å². The molecule has 1 aromatic heterocycles. The molecule has 8 heteroatoms. The summed E-state index contributed by atoms with van der Waals surface area (Å²) in [5, 5.41) is 26.7. The zero-order valence-corrected chi connectivity index (χ0v) is 7.90. The van der Waals surface area contributed by atoms with Crippen LogP contribution in [0.2, 0.25) is 0 Å². The van der Waals surface area contributed by atoms with Crippen molar-refractivity contribution in [3.63, 3.8) is 0 Å². The van der Waals surface area contributed by atoms with Gasteiger partial charge in [-0.05, 0) is 6.07 Å². The van der Waals surface area contributed by atoms with Gasteiger partial charge < -0.3 is 5.11 Å². The van der Waals surface area contributed by atoms with Crippen molar-refractivity contribution in [2.45, 2.75) is 6.54 Å². The lowest BCUT2D eigenvalue weighted by Gasteiger charge is -1.89. The zero-order valence-electron chi connectivity index (χ0n) is 7.90. The third kappa shape index (κ3) is 1.80. The van der Waals surface area contributed by atoms with E-state index in [-0.39, 0.29) is 12.2 Å². The van der Waals surface area contributed by atoms with Crippen molar-refractivity contribution in [1.82, 2.24) is 15.0 Å². The van der Waals surface area contributed by atoms with Crippen molar-refractivity contribution >= 4 is 22.7 Å². The maximum absolute atomic E-state index is 10.5. The molecule has 0 aliphatic carbocycles. The van der Waals surface area contributed by atoms with Crippen molar-refractivity contribution in [3.8, 4) is 0 Å². The van der Waals surface area contributed by atoms with E-state index in [2.05, 4.69) is 10.2 Å². The zero-order chi connectivity index (χ0) is 11.7. The molecule has 16 heavy (non-hydrogen) atoms. The quantitative estimate of drug-likeness (QED) is 0.595. The third-order valence-corrected chi connectivity index (χ3v) is 1.89. The Bertz CT molecular complexity index is 576. The van der Waals surface area contributed by atoms with E-state index >= 15 is 0 Å². The molecular weight excluding hydrogens is 216 g/mol. The number of nitro benzene ring substituents is 1. The van der Waals surface area contributed by atoms with E-state index in [0.717, 1.165) is 4.80 Å². The van der Waals surface area contributed by atoms with Crippen molar-refractivity contribution in [1.29, 1.82) is 0 Å². The van der Waals surface area contributed by atoms with Gasteiger partial charge in [-0.1, -0.05) is 0 Å². The lowest BCUT2D eigenvalue weighted by Crippen LogP contribution is -2.11. The van der Waals surface area contributed by atoms with Gasteiger partial charge in [-0.25, -0.2) is 0 Å². The predicted molar refractivity (Wildman–Crippen MR) is 51.8 cm³/mol. The molecular formula is C8H6N4O4. The van der Waals surface area contributed by atoms with Crippen LogP contribution < -0.4 is 0 Å². The molecule has 0 atom stereocenters. The monoisotopic (exact) mass is 222 g/mol. The Hall–Kier alpha value is -2.51. The topological polar surface area (TPSA) is 111 Å². The summed E-state index contributed by atoms with van der Waals surface area (Å²) in [6, 6.07) is 3.97. The number of aromatic nitrogens is 3. The average Bonchev–Trinajstić information content (AvgIpc) is 2.56. The molecule has 0 saturated carbocycles. The van der Waals surface area contributed by atoms with Crippen molar-refractivity contribution in [2.24, 2.45) is 0 Å². The highest BCUT2D eigenvalue weighted by Crippen LogP contribution is 2.17. The lowest BCUT2D eigenvalue weighted by atomic mass is 10.3. The molecule has 82 valence electrons. The number of carboxylic acids is 1. The van der Waals surface area contributed by atoms with Crippen LogP contribution in [0.3, 0.4) is 0 Å². The molecule has 0 aliphatic heterocycles. The Balaban J connectivity index is 2.45. The first-order valence-electron chi connectivity index (χ1n) is 4.27. The van der Waals surface area contributed by atoms with E-state index in [1.807, 2.05) is 0 Å². The number of non-ortho nitro benzene ring substituents is 1. The second-order valence-corrected chi connectivity index (χ2v) is 3.05. The summed E-state index contributed by atoms with van der Waals surface area (Å²) in [5.74, 6) is -1.07. The van der Waals surface area contributed by atoms with Crippen LogP contribution in [0.5, 0.6) is 0 Å². The van der Waals surface area contributed by atoms with Crippen LogP contribution >= 0.6 is 0 Å². The molecule has 1 aromatic carbocycles. The van der Waals surface area contributed by atoms with Gasteiger partial charge in [-0.15, -0.1) is 0 Å². The first-order chi connectivity index (χ1) is 7.56. The molecule has 0 aliphatic rings. The fraction of sp³-hybridized carbons (Fsp3) is 0.125. The van der Waals surface area contributed by atoms with Crippen LogP contribution in [0.25, 0.3) is 11.0 Å². The van der Waals surface area contributed by atoms with Gasteiger partial charge in [0.05, 0.1) is 4.92 Å². The van der Waals surface area contributed by atoms with Gasteiger partial charge in [0.1, 0.15) is 11.0 Å². The summed E-state index contributed by atoms with van der Waals surface area (Å²) >= 11 is 0. The minimum Gasteiger partial charge on any atom is -0.480 e.